The molecule has 0 saturated carbocycles. The van der Waals surface area contributed by atoms with Crippen LogP contribution in [-0.2, 0) is 16.6 Å². The Hall–Kier alpha value is -5.22. The number of hydrogen-bond acceptors (Lipinski definition) is 7. The van der Waals surface area contributed by atoms with Gasteiger partial charge in [0.25, 0.3) is 10.0 Å². The van der Waals surface area contributed by atoms with E-state index in [9.17, 15) is 21.6 Å². The second-order valence-electron chi connectivity index (χ2n) is 10.6. The summed E-state index contributed by atoms with van der Waals surface area (Å²) < 4.78 is 80.7. The number of sulfonamides is 1. The summed E-state index contributed by atoms with van der Waals surface area (Å²) in [5, 5.41) is 6.95. The Morgan fingerprint density at radius 1 is 0.978 bits per heavy atom. The Morgan fingerprint density at radius 3 is 2.39 bits per heavy atom. The number of alkyl halides is 3. The van der Waals surface area contributed by atoms with Gasteiger partial charge >= 0.3 is 6.18 Å². The van der Waals surface area contributed by atoms with Gasteiger partial charge in [0.2, 0.25) is 0 Å². The van der Waals surface area contributed by atoms with Crippen molar-refractivity contribution in [3.63, 3.8) is 0 Å². The maximum atomic E-state index is 13.6. The molecule has 0 atom stereocenters. The fraction of sp³-hybridized carbons (Fsp3) is 0.212. The number of furan rings is 1. The van der Waals surface area contributed by atoms with E-state index in [0.717, 1.165) is 15.9 Å². The lowest BCUT2D eigenvalue weighted by Gasteiger charge is -2.14. The van der Waals surface area contributed by atoms with Crippen LogP contribution in [0.2, 0.25) is 0 Å². The number of ether oxygens (including phenoxy) is 1. The number of methoxy groups -OCH3 is 1. The summed E-state index contributed by atoms with van der Waals surface area (Å²) in [5.41, 5.74) is 3.79. The van der Waals surface area contributed by atoms with E-state index in [4.69, 9.17) is 9.15 Å². The molecule has 0 aliphatic heterocycles. The van der Waals surface area contributed by atoms with Crippen LogP contribution in [0.15, 0.2) is 88.4 Å². The third-order valence-corrected chi connectivity index (χ3v) is 8.37. The Labute approximate surface area is 265 Å². The van der Waals surface area contributed by atoms with Crippen molar-refractivity contribution in [2.45, 2.75) is 24.5 Å². The Morgan fingerprint density at radius 2 is 1.74 bits per heavy atom. The lowest BCUT2D eigenvalue weighted by Crippen LogP contribution is -2.18. The number of rotatable bonds is 10. The third kappa shape index (κ3) is 7.52. The molecule has 2 heterocycles. The predicted octanol–water partition coefficient (Wildman–Crippen LogP) is 7.19. The fourth-order valence-electron chi connectivity index (χ4n) is 4.82. The molecule has 9 nitrogen and oxygen atoms in total. The smallest absolute Gasteiger partial charge is 0.406 e. The van der Waals surface area contributed by atoms with Crippen LogP contribution in [0.1, 0.15) is 11.5 Å². The first-order valence-corrected chi connectivity index (χ1v) is 15.5. The lowest BCUT2D eigenvalue weighted by molar-refractivity contribution is -0.140. The standard InChI is InChI=1S/C33H32F3N5O4S/c1-22-17-24(20-45-22)39-46(42,43)27-14-15-30(32(19-27)44-4)37-16-6-7-26-18-28-29(38-23-10-12-25(13-11-23)40(2)3)8-5-9-31(28)41(26)21-33(34,35)36/h5,8-15,17-20,37-39H,16,21H2,1-4H3. The van der Waals surface area contributed by atoms with Gasteiger partial charge in [-0.2, -0.15) is 13.2 Å². The Bertz CT molecular complexity index is 2020. The summed E-state index contributed by atoms with van der Waals surface area (Å²) in [7, 11) is 1.35. The quantitative estimate of drug-likeness (QED) is 0.138. The van der Waals surface area contributed by atoms with Gasteiger partial charge in [0.15, 0.2) is 0 Å². The number of aromatic nitrogens is 1. The largest absolute Gasteiger partial charge is 0.495 e. The number of fused-ring (bicyclic) bond motifs is 1. The monoisotopic (exact) mass is 651 g/mol. The summed E-state index contributed by atoms with van der Waals surface area (Å²) in [6.07, 6.45) is -3.17. The zero-order chi connectivity index (χ0) is 33.1. The fourth-order valence-corrected chi connectivity index (χ4v) is 5.86. The van der Waals surface area contributed by atoms with Crippen molar-refractivity contribution < 1.29 is 30.7 Å². The highest BCUT2D eigenvalue weighted by atomic mass is 32.2. The molecule has 0 aliphatic rings. The first-order valence-electron chi connectivity index (χ1n) is 14.0. The molecule has 0 saturated heterocycles. The van der Waals surface area contributed by atoms with Crippen molar-refractivity contribution in [3.05, 3.63) is 90.5 Å². The normalized spacial score (nSPS) is 11.5. The molecule has 3 N–H and O–H groups in total. The molecule has 0 bridgehead atoms. The molecule has 0 spiro atoms. The van der Waals surface area contributed by atoms with Crippen LogP contribution in [0, 0.1) is 18.8 Å². The molecular weight excluding hydrogens is 619 g/mol. The van der Waals surface area contributed by atoms with Gasteiger partial charge < -0.3 is 29.3 Å². The first-order chi connectivity index (χ1) is 21.8. The summed E-state index contributed by atoms with van der Waals surface area (Å²) in [5.74, 6) is 6.55. The Balaban J connectivity index is 1.37. The SMILES string of the molecule is COc1cc(S(=O)(=O)Nc2coc(C)c2)ccc1NCC#Cc1cc2c(Nc3ccc(N(C)C)cc3)cccc2n1CC(F)(F)F. The molecule has 5 rings (SSSR count). The average molecular weight is 652 g/mol. The number of nitrogens with one attached hydrogen (secondary N) is 3. The maximum absolute atomic E-state index is 13.6. The van der Waals surface area contributed by atoms with Gasteiger partial charge in [0.1, 0.15) is 24.3 Å². The minimum Gasteiger partial charge on any atom is -0.495 e. The van der Waals surface area contributed by atoms with Gasteiger partial charge in [0.05, 0.1) is 41.1 Å². The Kier molecular flexibility index (Phi) is 9.11. The van der Waals surface area contributed by atoms with Crippen molar-refractivity contribution in [1.82, 2.24) is 4.57 Å². The van der Waals surface area contributed by atoms with E-state index in [0.29, 0.717) is 33.7 Å². The van der Waals surface area contributed by atoms with Crippen LogP contribution in [0.4, 0.5) is 41.6 Å². The molecule has 0 aliphatic carbocycles. The lowest BCUT2D eigenvalue weighted by atomic mass is 10.2. The molecule has 0 amide bonds. The number of nitrogens with zero attached hydrogens (tertiary/aromatic N) is 2. The molecule has 5 aromatic rings. The second kappa shape index (κ2) is 13.0. The molecule has 13 heteroatoms. The van der Waals surface area contributed by atoms with Crippen molar-refractivity contribution in [1.29, 1.82) is 0 Å². The zero-order valence-electron chi connectivity index (χ0n) is 25.5. The topological polar surface area (TPSA) is 101 Å². The number of benzene rings is 3. The van der Waals surface area contributed by atoms with E-state index in [2.05, 4.69) is 27.2 Å². The average Bonchev–Trinajstić information content (AvgIpc) is 3.57. The van der Waals surface area contributed by atoms with Crippen LogP contribution in [0.5, 0.6) is 5.75 Å². The molecule has 240 valence electrons. The molecule has 3 aromatic carbocycles. The van der Waals surface area contributed by atoms with Crippen LogP contribution >= 0.6 is 0 Å². The molecule has 46 heavy (non-hydrogen) atoms. The van der Waals surface area contributed by atoms with Crippen LogP contribution in [0.3, 0.4) is 0 Å². The minimum absolute atomic E-state index is 0.0328. The minimum atomic E-state index is -4.47. The van der Waals surface area contributed by atoms with Gasteiger partial charge in [-0.05, 0) is 67.4 Å². The van der Waals surface area contributed by atoms with Crippen LogP contribution in [-0.4, -0.2) is 46.9 Å². The van der Waals surface area contributed by atoms with Gasteiger partial charge in [-0.3, -0.25) is 4.72 Å². The van der Waals surface area contributed by atoms with Gasteiger partial charge in [-0.1, -0.05) is 12.0 Å². The van der Waals surface area contributed by atoms with E-state index in [1.807, 2.05) is 43.3 Å². The number of aryl methyl sites for hydroxylation is 1. The maximum Gasteiger partial charge on any atom is 0.406 e. The van der Waals surface area contributed by atoms with Crippen molar-refractivity contribution in [3.8, 4) is 17.6 Å². The highest BCUT2D eigenvalue weighted by Gasteiger charge is 2.30. The summed E-state index contributed by atoms with van der Waals surface area (Å²) in [6.45, 7) is 0.540. The van der Waals surface area contributed by atoms with E-state index in [1.165, 1.54) is 31.6 Å². The van der Waals surface area contributed by atoms with Crippen molar-refractivity contribution >= 4 is 49.4 Å². The van der Waals surface area contributed by atoms with E-state index >= 15 is 0 Å². The van der Waals surface area contributed by atoms with Gasteiger partial charge in [-0.15, -0.1) is 0 Å². The molecular formula is C33H32F3N5O4S. The highest BCUT2D eigenvalue weighted by molar-refractivity contribution is 7.92. The van der Waals surface area contributed by atoms with E-state index < -0.39 is 22.7 Å². The first kappa shape index (κ1) is 32.2. The van der Waals surface area contributed by atoms with E-state index in [-0.39, 0.29) is 22.9 Å². The second-order valence-corrected chi connectivity index (χ2v) is 12.3. The highest BCUT2D eigenvalue weighted by Crippen LogP contribution is 2.32. The van der Waals surface area contributed by atoms with Gasteiger partial charge in [-0.25, -0.2) is 8.42 Å². The van der Waals surface area contributed by atoms with Crippen molar-refractivity contribution in [2.75, 3.05) is 48.0 Å². The molecule has 0 unspecified atom stereocenters. The zero-order valence-corrected chi connectivity index (χ0v) is 26.3. The number of anilines is 5. The van der Waals surface area contributed by atoms with Crippen LogP contribution < -0.4 is 25.0 Å². The number of hydrogen-bond donors (Lipinski definition) is 3. The molecule has 0 radical (unpaired) electrons. The van der Waals surface area contributed by atoms with E-state index in [1.54, 1.807) is 37.3 Å². The van der Waals surface area contributed by atoms with Crippen LogP contribution in [0.25, 0.3) is 10.9 Å². The third-order valence-electron chi connectivity index (χ3n) is 7.00. The summed E-state index contributed by atoms with van der Waals surface area (Å²) in [4.78, 5) is 1.94. The van der Waals surface area contributed by atoms with Gasteiger partial charge in [0, 0.05) is 48.7 Å². The molecule has 2 aromatic heterocycles. The summed E-state index contributed by atoms with van der Waals surface area (Å²) in [6, 6.07) is 20.3. The van der Waals surface area contributed by atoms with Crippen molar-refractivity contribution in [2.24, 2.45) is 0 Å². The number of halogens is 3. The predicted molar refractivity (Wildman–Crippen MR) is 175 cm³/mol. The molecule has 0 fully saturated rings. The summed E-state index contributed by atoms with van der Waals surface area (Å²) >= 11 is 0.